The lowest BCUT2D eigenvalue weighted by Crippen LogP contribution is -2.50. The quantitative estimate of drug-likeness (QED) is 0.830. The molecule has 6 atom stereocenters. The van der Waals surface area contributed by atoms with E-state index in [1.165, 1.54) is 0 Å². The number of hydrogen-bond donors (Lipinski definition) is 2. The monoisotopic (exact) mass is 282 g/mol. The Balaban J connectivity index is 2.36. The normalized spacial score (nSPS) is 40.9. The average Bonchev–Trinajstić information content (AvgIpc) is 2.43. The molecule has 2 fully saturated rings. The fourth-order valence-electron chi connectivity index (χ4n) is 4.92. The van der Waals surface area contributed by atoms with Crippen LogP contribution in [0.15, 0.2) is 0 Å². The topological polar surface area (TPSA) is 74.6 Å². The summed E-state index contributed by atoms with van der Waals surface area (Å²) >= 11 is 0. The second-order valence-electron chi connectivity index (χ2n) is 6.55. The van der Waals surface area contributed by atoms with Gasteiger partial charge in [0.2, 0.25) is 0 Å². The fourth-order valence-corrected chi connectivity index (χ4v) is 4.92. The Morgan fingerprint density at radius 2 is 1.65 bits per heavy atom. The summed E-state index contributed by atoms with van der Waals surface area (Å²) in [5.74, 6) is -1.59. The maximum atomic E-state index is 11.7. The van der Waals surface area contributed by atoms with Crippen molar-refractivity contribution in [3.8, 4) is 0 Å². The minimum Gasteiger partial charge on any atom is -0.481 e. The molecule has 4 nitrogen and oxygen atoms in total. The Bertz CT molecular complexity index is 379. The first kappa shape index (κ1) is 15.3. The maximum absolute atomic E-state index is 11.7. The van der Waals surface area contributed by atoms with Crippen molar-refractivity contribution in [2.45, 2.75) is 52.4 Å². The Labute approximate surface area is 120 Å². The molecule has 0 amide bonds. The number of fused-ring (bicyclic) bond motifs is 1. The van der Waals surface area contributed by atoms with E-state index in [1.54, 1.807) is 0 Å². The Kier molecular flexibility index (Phi) is 4.71. The lowest BCUT2D eigenvalue weighted by molar-refractivity contribution is -0.164. The van der Waals surface area contributed by atoms with Gasteiger partial charge < -0.3 is 10.2 Å². The molecule has 0 radical (unpaired) electrons. The van der Waals surface area contributed by atoms with E-state index in [9.17, 15) is 19.8 Å². The molecule has 0 saturated heterocycles. The summed E-state index contributed by atoms with van der Waals surface area (Å²) in [7, 11) is 0. The standard InChI is InChI=1S/C16H26O4/c1-3-9-6-5-7-11-13(9)12(15(17)18)8-10(4-2)14(11)16(19)20/h9-14H,3-8H2,1-2H3,(H,17,18)(H,19,20). The maximum Gasteiger partial charge on any atom is 0.307 e. The summed E-state index contributed by atoms with van der Waals surface area (Å²) in [6, 6.07) is 0. The van der Waals surface area contributed by atoms with Crippen molar-refractivity contribution in [1.82, 2.24) is 0 Å². The van der Waals surface area contributed by atoms with Gasteiger partial charge in [-0.05, 0) is 36.5 Å². The van der Waals surface area contributed by atoms with Crippen molar-refractivity contribution in [2.75, 3.05) is 0 Å². The van der Waals surface area contributed by atoms with E-state index in [0.717, 1.165) is 32.1 Å². The number of carboxylic acid groups (broad SMARTS) is 2. The second-order valence-corrected chi connectivity index (χ2v) is 6.55. The Morgan fingerprint density at radius 1 is 1.00 bits per heavy atom. The largest absolute Gasteiger partial charge is 0.481 e. The first-order valence-electron chi connectivity index (χ1n) is 7.96. The highest BCUT2D eigenvalue weighted by Crippen LogP contribution is 2.53. The van der Waals surface area contributed by atoms with Gasteiger partial charge >= 0.3 is 11.9 Å². The summed E-state index contributed by atoms with van der Waals surface area (Å²) in [4.78, 5) is 23.4. The van der Waals surface area contributed by atoms with Crippen LogP contribution in [0, 0.1) is 35.5 Å². The molecule has 114 valence electrons. The van der Waals surface area contributed by atoms with Gasteiger partial charge in [-0.15, -0.1) is 0 Å². The van der Waals surface area contributed by atoms with E-state index in [4.69, 9.17) is 0 Å². The van der Waals surface area contributed by atoms with Gasteiger partial charge in [-0.1, -0.05) is 39.5 Å². The van der Waals surface area contributed by atoms with Gasteiger partial charge in [0.1, 0.15) is 0 Å². The van der Waals surface area contributed by atoms with E-state index < -0.39 is 11.9 Å². The third-order valence-electron chi connectivity index (χ3n) is 5.79. The van der Waals surface area contributed by atoms with Crippen molar-refractivity contribution in [3.05, 3.63) is 0 Å². The van der Waals surface area contributed by atoms with Crippen molar-refractivity contribution in [2.24, 2.45) is 35.5 Å². The van der Waals surface area contributed by atoms with Crippen molar-refractivity contribution < 1.29 is 19.8 Å². The van der Waals surface area contributed by atoms with Crippen LogP contribution in [0.1, 0.15) is 52.4 Å². The van der Waals surface area contributed by atoms with Crippen LogP contribution in [-0.2, 0) is 9.59 Å². The van der Waals surface area contributed by atoms with Crippen LogP contribution < -0.4 is 0 Å². The number of carbonyl (C=O) groups is 2. The molecule has 0 aromatic heterocycles. The van der Waals surface area contributed by atoms with Gasteiger partial charge in [0, 0.05) is 0 Å². The number of carboxylic acids is 2. The van der Waals surface area contributed by atoms with Gasteiger partial charge in [0.25, 0.3) is 0 Å². The molecule has 2 N–H and O–H groups in total. The molecule has 2 aliphatic rings. The molecule has 6 unspecified atom stereocenters. The summed E-state index contributed by atoms with van der Waals surface area (Å²) in [5, 5.41) is 19.2. The van der Waals surface area contributed by atoms with E-state index in [-0.39, 0.29) is 29.6 Å². The SMILES string of the molecule is CCC1CC(C(=O)O)C2C(CC)CCCC2C1C(=O)O. The molecule has 4 heteroatoms. The Morgan fingerprint density at radius 3 is 2.15 bits per heavy atom. The smallest absolute Gasteiger partial charge is 0.307 e. The van der Waals surface area contributed by atoms with Crippen LogP contribution in [0.5, 0.6) is 0 Å². The van der Waals surface area contributed by atoms with Crippen LogP contribution >= 0.6 is 0 Å². The Hall–Kier alpha value is -1.06. The molecule has 2 aliphatic carbocycles. The molecule has 0 aromatic rings. The third-order valence-corrected chi connectivity index (χ3v) is 5.79. The van der Waals surface area contributed by atoms with Crippen LogP contribution in [-0.4, -0.2) is 22.2 Å². The minimum absolute atomic E-state index is 0.0189. The van der Waals surface area contributed by atoms with Crippen LogP contribution in [0.4, 0.5) is 0 Å². The predicted octanol–water partition coefficient (Wildman–Crippen LogP) is 3.26. The first-order valence-corrected chi connectivity index (χ1v) is 7.96. The predicted molar refractivity (Wildman–Crippen MR) is 75.3 cm³/mol. The van der Waals surface area contributed by atoms with E-state index in [0.29, 0.717) is 12.3 Å². The number of hydrogen-bond acceptors (Lipinski definition) is 2. The minimum atomic E-state index is -0.720. The zero-order chi connectivity index (χ0) is 14.9. The van der Waals surface area contributed by atoms with Gasteiger partial charge in [0.15, 0.2) is 0 Å². The zero-order valence-electron chi connectivity index (χ0n) is 12.4. The lowest BCUT2D eigenvalue weighted by Gasteiger charge is -2.50. The third kappa shape index (κ3) is 2.57. The molecule has 20 heavy (non-hydrogen) atoms. The molecule has 0 aliphatic heterocycles. The summed E-state index contributed by atoms with van der Waals surface area (Å²) in [6.45, 7) is 4.09. The van der Waals surface area contributed by atoms with E-state index in [2.05, 4.69) is 6.92 Å². The molecule has 2 saturated carbocycles. The van der Waals surface area contributed by atoms with Gasteiger partial charge in [0.05, 0.1) is 11.8 Å². The zero-order valence-corrected chi connectivity index (χ0v) is 12.4. The molecule has 2 rings (SSSR count). The highest BCUT2D eigenvalue weighted by Gasteiger charge is 2.52. The van der Waals surface area contributed by atoms with Gasteiger partial charge in [-0.25, -0.2) is 0 Å². The number of aliphatic carboxylic acids is 2. The molecule has 0 bridgehead atoms. The van der Waals surface area contributed by atoms with Crippen molar-refractivity contribution in [1.29, 1.82) is 0 Å². The van der Waals surface area contributed by atoms with E-state index >= 15 is 0 Å². The second kappa shape index (κ2) is 6.15. The average molecular weight is 282 g/mol. The van der Waals surface area contributed by atoms with Crippen molar-refractivity contribution >= 4 is 11.9 Å². The number of rotatable bonds is 4. The highest BCUT2D eigenvalue weighted by atomic mass is 16.4. The van der Waals surface area contributed by atoms with Crippen molar-refractivity contribution in [3.63, 3.8) is 0 Å². The fraction of sp³-hybridized carbons (Fsp3) is 0.875. The van der Waals surface area contributed by atoms with Crippen LogP contribution in [0.3, 0.4) is 0 Å². The lowest BCUT2D eigenvalue weighted by atomic mass is 9.53. The molecule has 0 aromatic carbocycles. The molecular formula is C16H26O4. The molecule has 0 spiro atoms. The summed E-state index contributed by atoms with van der Waals surface area (Å²) in [5.41, 5.74) is 0. The first-order chi connectivity index (χ1) is 9.51. The summed E-state index contributed by atoms with van der Waals surface area (Å²) < 4.78 is 0. The molecule has 0 heterocycles. The van der Waals surface area contributed by atoms with E-state index in [1.807, 2.05) is 6.92 Å². The van der Waals surface area contributed by atoms with Crippen LogP contribution in [0.2, 0.25) is 0 Å². The highest BCUT2D eigenvalue weighted by molar-refractivity contribution is 5.74. The van der Waals surface area contributed by atoms with Gasteiger partial charge in [-0.3, -0.25) is 9.59 Å². The summed E-state index contributed by atoms with van der Waals surface area (Å²) in [6.07, 6.45) is 5.27. The van der Waals surface area contributed by atoms with Gasteiger partial charge in [-0.2, -0.15) is 0 Å². The molecular weight excluding hydrogens is 256 g/mol. The van der Waals surface area contributed by atoms with Crippen LogP contribution in [0.25, 0.3) is 0 Å².